The maximum Gasteiger partial charge on any atom is 0.242 e. The molecule has 114 valence electrons. The minimum Gasteiger partial charge on any atom is -0.398 e. The lowest BCUT2D eigenvalue weighted by atomic mass is 10.1. The molecule has 1 aromatic rings. The number of benzene rings is 1. The van der Waals surface area contributed by atoms with E-state index in [4.69, 9.17) is 22.1 Å². The van der Waals surface area contributed by atoms with Crippen LogP contribution in [-0.2, 0) is 14.8 Å². The molecule has 0 radical (unpaired) electrons. The molecule has 0 bridgehead atoms. The van der Waals surface area contributed by atoms with E-state index < -0.39 is 10.0 Å². The van der Waals surface area contributed by atoms with E-state index in [0.29, 0.717) is 5.69 Å². The normalized spacial score (nSPS) is 13.7. The first-order valence-electron chi connectivity index (χ1n) is 6.26. The van der Waals surface area contributed by atoms with Gasteiger partial charge in [-0.3, -0.25) is 0 Å². The summed E-state index contributed by atoms with van der Waals surface area (Å²) in [6, 6.07) is 2.60. The van der Waals surface area contributed by atoms with Crippen LogP contribution in [-0.4, -0.2) is 28.2 Å². The van der Waals surface area contributed by atoms with Crippen molar-refractivity contribution in [3.8, 4) is 0 Å². The van der Waals surface area contributed by atoms with Crippen LogP contribution in [0.5, 0.6) is 0 Å². The van der Waals surface area contributed by atoms with Crippen LogP contribution in [0.25, 0.3) is 0 Å². The zero-order valence-electron chi connectivity index (χ0n) is 12.1. The fourth-order valence-corrected chi connectivity index (χ4v) is 3.67. The molecule has 0 saturated heterocycles. The van der Waals surface area contributed by atoms with E-state index in [1.54, 1.807) is 13.0 Å². The largest absolute Gasteiger partial charge is 0.398 e. The van der Waals surface area contributed by atoms with Gasteiger partial charge in [0.1, 0.15) is 4.90 Å². The number of rotatable bonds is 6. The minimum atomic E-state index is -3.74. The number of nitrogens with two attached hydrogens (primary N) is 1. The van der Waals surface area contributed by atoms with Gasteiger partial charge in [-0.2, -0.15) is 0 Å². The van der Waals surface area contributed by atoms with E-state index in [1.165, 1.54) is 13.2 Å². The summed E-state index contributed by atoms with van der Waals surface area (Å²) in [6.07, 6.45) is 0. The molecule has 0 aliphatic rings. The van der Waals surface area contributed by atoms with Crippen LogP contribution < -0.4 is 10.5 Å². The van der Waals surface area contributed by atoms with Crippen LogP contribution in [0.15, 0.2) is 17.0 Å². The summed E-state index contributed by atoms with van der Waals surface area (Å²) in [5.74, 6) is 0.0892. The lowest BCUT2D eigenvalue weighted by Gasteiger charge is -2.22. The van der Waals surface area contributed by atoms with Crippen molar-refractivity contribution in [3.63, 3.8) is 0 Å². The molecule has 5 nitrogen and oxygen atoms in total. The van der Waals surface area contributed by atoms with Crippen molar-refractivity contribution in [1.29, 1.82) is 0 Å². The third-order valence-electron chi connectivity index (χ3n) is 3.07. The maximum absolute atomic E-state index is 12.4. The van der Waals surface area contributed by atoms with E-state index in [-0.39, 0.29) is 28.5 Å². The maximum atomic E-state index is 12.4. The third-order valence-corrected chi connectivity index (χ3v) is 5.02. The fraction of sp³-hybridized carbons (Fsp3) is 0.538. The second-order valence-corrected chi connectivity index (χ2v) is 7.16. The zero-order chi connectivity index (χ0) is 15.5. The number of methoxy groups -OCH3 is 1. The first-order valence-corrected chi connectivity index (χ1v) is 8.12. The molecule has 7 heteroatoms. The van der Waals surface area contributed by atoms with Gasteiger partial charge in [0.15, 0.2) is 0 Å². The molecule has 0 aromatic heterocycles. The van der Waals surface area contributed by atoms with Crippen molar-refractivity contribution in [2.75, 3.05) is 19.5 Å². The number of aryl methyl sites for hydroxylation is 1. The molecule has 1 rings (SSSR count). The highest BCUT2D eigenvalue weighted by atomic mass is 35.5. The molecule has 0 fully saturated rings. The van der Waals surface area contributed by atoms with E-state index in [9.17, 15) is 8.42 Å². The predicted octanol–water partition coefficient (Wildman–Crippen LogP) is 2.18. The second kappa shape index (κ2) is 6.76. The molecule has 0 spiro atoms. The highest BCUT2D eigenvalue weighted by Crippen LogP contribution is 2.27. The van der Waals surface area contributed by atoms with Gasteiger partial charge in [0.25, 0.3) is 0 Å². The average molecular weight is 321 g/mol. The molecule has 3 N–H and O–H groups in total. The van der Waals surface area contributed by atoms with Crippen molar-refractivity contribution in [2.45, 2.75) is 31.7 Å². The van der Waals surface area contributed by atoms with Gasteiger partial charge in [0.05, 0.1) is 11.6 Å². The lowest BCUT2D eigenvalue weighted by molar-refractivity contribution is 0.157. The van der Waals surface area contributed by atoms with Crippen LogP contribution in [0, 0.1) is 12.8 Å². The molecule has 0 saturated carbocycles. The van der Waals surface area contributed by atoms with Crippen molar-refractivity contribution < 1.29 is 13.2 Å². The van der Waals surface area contributed by atoms with Crippen LogP contribution in [0.3, 0.4) is 0 Å². The van der Waals surface area contributed by atoms with Gasteiger partial charge in [-0.05, 0) is 30.5 Å². The number of hydrogen-bond acceptors (Lipinski definition) is 4. The second-order valence-electron chi connectivity index (χ2n) is 5.07. The van der Waals surface area contributed by atoms with Crippen molar-refractivity contribution in [1.82, 2.24) is 4.72 Å². The third kappa shape index (κ3) is 4.09. The highest BCUT2D eigenvalue weighted by molar-refractivity contribution is 7.89. The summed E-state index contributed by atoms with van der Waals surface area (Å²) in [7, 11) is -2.21. The molecule has 0 aliphatic carbocycles. The summed E-state index contributed by atoms with van der Waals surface area (Å²) in [4.78, 5) is -0.0102. The Bertz CT molecular complexity index is 573. The topological polar surface area (TPSA) is 81.4 Å². The molecule has 1 atom stereocenters. The summed E-state index contributed by atoms with van der Waals surface area (Å²) in [6.45, 7) is 5.89. The van der Waals surface area contributed by atoms with Crippen LogP contribution in [0.4, 0.5) is 5.69 Å². The Hall–Kier alpha value is -0.820. The Morgan fingerprint density at radius 2 is 2.00 bits per heavy atom. The molecule has 0 aliphatic heterocycles. The first kappa shape index (κ1) is 17.2. The van der Waals surface area contributed by atoms with Crippen molar-refractivity contribution in [2.24, 2.45) is 5.92 Å². The fourth-order valence-electron chi connectivity index (χ4n) is 1.68. The van der Waals surface area contributed by atoms with Crippen LogP contribution >= 0.6 is 11.6 Å². The number of hydrogen-bond donors (Lipinski definition) is 2. The van der Waals surface area contributed by atoms with E-state index >= 15 is 0 Å². The van der Waals surface area contributed by atoms with Gasteiger partial charge < -0.3 is 10.5 Å². The Morgan fingerprint density at radius 1 is 1.40 bits per heavy atom. The van der Waals surface area contributed by atoms with Crippen molar-refractivity contribution in [3.05, 3.63) is 22.7 Å². The van der Waals surface area contributed by atoms with Gasteiger partial charge in [-0.25, -0.2) is 13.1 Å². The summed E-state index contributed by atoms with van der Waals surface area (Å²) < 4.78 is 32.4. The number of nitrogens with one attached hydrogen (secondary N) is 1. The Morgan fingerprint density at radius 3 is 2.50 bits per heavy atom. The number of halogens is 1. The van der Waals surface area contributed by atoms with E-state index in [1.807, 2.05) is 13.8 Å². The summed E-state index contributed by atoms with van der Waals surface area (Å²) in [5.41, 5.74) is 6.89. The van der Waals surface area contributed by atoms with Gasteiger partial charge in [-0.1, -0.05) is 25.4 Å². The van der Waals surface area contributed by atoms with Gasteiger partial charge in [-0.15, -0.1) is 0 Å². The van der Waals surface area contributed by atoms with E-state index in [0.717, 1.165) is 5.56 Å². The molecular weight excluding hydrogens is 300 g/mol. The van der Waals surface area contributed by atoms with Crippen molar-refractivity contribution >= 4 is 27.3 Å². The van der Waals surface area contributed by atoms with Gasteiger partial charge in [0, 0.05) is 18.8 Å². The quantitative estimate of drug-likeness (QED) is 0.787. The van der Waals surface area contributed by atoms with Gasteiger partial charge in [0.2, 0.25) is 10.0 Å². The van der Waals surface area contributed by atoms with Crippen LogP contribution in [0.2, 0.25) is 5.02 Å². The molecule has 1 aromatic carbocycles. The predicted molar refractivity (Wildman–Crippen MR) is 81.4 cm³/mol. The smallest absolute Gasteiger partial charge is 0.242 e. The average Bonchev–Trinajstić information content (AvgIpc) is 2.32. The molecule has 0 heterocycles. The summed E-state index contributed by atoms with van der Waals surface area (Å²) in [5, 5.41) is 0.157. The molecular formula is C13H21ClN2O3S. The SMILES string of the molecule is COCC(NS(=O)(=O)c1cc(N)c(C)cc1Cl)C(C)C. The summed E-state index contributed by atoms with van der Waals surface area (Å²) >= 11 is 6.02. The molecule has 1 unspecified atom stereocenters. The lowest BCUT2D eigenvalue weighted by Crippen LogP contribution is -2.41. The number of sulfonamides is 1. The van der Waals surface area contributed by atoms with E-state index in [2.05, 4.69) is 4.72 Å². The number of anilines is 1. The van der Waals surface area contributed by atoms with Gasteiger partial charge >= 0.3 is 0 Å². The first-order chi connectivity index (χ1) is 9.19. The highest BCUT2D eigenvalue weighted by Gasteiger charge is 2.25. The molecule has 0 amide bonds. The number of ether oxygens (including phenoxy) is 1. The monoisotopic (exact) mass is 320 g/mol. The Balaban J connectivity index is 3.13. The standard InChI is InChI=1S/C13H21ClN2O3S/c1-8(2)12(7-19-4)16-20(17,18)13-6-11(15)9(3)5-10(13)14/h5-6,8,12,16H,7,15H2,1-4H3. The number of nitrogen functional groups attached to an aromatic ring is 1. The molecule has 20 heavy (non-hydrogen) atoms. The Labute approximate surface area is 125 Å². The zero-order valence-corrected chi connectivity index (χ0v) is 13.7. The Kier molecular flexibility index (Phi) is 5.82. The minimum absolute atomic E-state index is 0.0102. The van der Waals surface area contributed by atoms with Crippen LogP contribution in [0.1, 0.15) is 19.4 Å².